The van der Waals surface area contributed by atoms with Gasteiger partial charge in [-0.2, -0.15) is 0 Å². The minimum absolute atomic E-state index is 0.0126. The van der Waals surface area contributed by atoms with Gasteiger partial charge in [0.1, 0.15) is 0 Å². The van der Waals surface area contributed by atoms with Crippen molar-refractivity contribution in [2.24, 2.45) is 0 Å². The van der Waals surface area contributed by atoms with Crippen LogP contribution in [0.25, 0.3) is 0 Å². The number of rotatable bonds is 4. The van der Waals surface area contributed by atoms with Crippen LogP contribution in [-0.4, -0.2) is 41.8 Å². The lowest BCUT2D eigenvalue weighted by molar-refractivity contribution is -0.141. The van der Waals surface area contributed by atoms with Gasteiger partial charge in [-0.05, 0) is 24.3 Å². The Balaban J connectivity index is 1.85. The molecule has 0 spiro atoms. The van der Waals surface area contributed by atoms with Crippen LogP contribution in [0.1, 0.15) is 24.1 Å². The summed E-state index contributed by atoms with van der Waals surface area (Å²) in [6.07, 6.45) is 2.55. The van der Waals surface area contributed by atoms with Gasteiger partial charge in [0.05, 0.1) is 13.1 Å². The molecule has 1 aromatic rings. The summed E-state index contributed by atoms with van der Waals surface area (Å²) in [6.45, 7) is 1.57. The van der Waals surface area contributed by atoms with Gasteiger partial charge in [0.15, 0.2) is 0 Å². The highest BCUT2D eigenvalue weighted by atomic mass is 32.1. The predicted molar refractivity (Wildman–Crippen MR) is 71.2 cm³/mol. The number of likely N-dealkylation sites (N-methyl/N-ethyl adjacent to an activating group) is 1. The zero-order valence-corrected chi connectivity index (χ0v) is 11.4. The largest absolute Gasteiger partial charge is 0.339 e. The smallest absolute Gasteiger partial charge is 0.242 e. The van der Waals surface area contributed by atoms with Crippen LogP contribution in [0.3, 0.4) is 0 Å². The highest BCUT2D eigenvalue weighted by Gasteiger charge is 2.22. The Kier molecular flexibility index (Phi) is 4.36. The Labute approximate surface area is 111 Å². The van der Waals surface area contributed by atoms with Crippen LogP contribution in [0.15, 0.2) is 17.5 Å². The van der Waals surface area contributed by atoms with E-state index in [-0.39, 0.29) is 18.4 Å². The molecule has 0 radical (unpaired) electrons. The van der Waals surface area contributed by atoms with Crippen molar-refractivity contribution in [1.29, 1.82) is 0 Å². The van der Waals surface area contributed by atoms with Crippen molar-refractivity contribution < 1.29 is 9.59 Å². The molecule has 1 aliphatic rings. The van der Waals surface area contributed by atoms with Crippen LogP contribution in [0, 0.1) is 0 Å². The maximum atomic E-state index is 12.0. The van der Waals surface area contributed by atoms with Gasteiger partial charge in [0.25, 0.3) is 0 Å². The summed E-state index contributed by atoms with van der Waals surface area (Å²) in [5.74, 6) is 0.123. The molecule has 1 aliphatic heterocycles. The topological polar surface area (TPSA) is 40.6 Å². The van der Waals surface area contributed by atoms with Crippen LogP contribution in [-0.2, 0) is 16.1 Å². The fourth-order valence-electron chi connectivity index (χ4n) is 2.04. The second-order valence-electron chi connectivity index (χ2n) is 4.60. The molecular formula is C13H18N2O2S. The van der Waals surface area contributed by atoms with E-state index in [1.54, 1.807) is 28.2 Å². The SMILES string of the molecule is CN(Cc1cccs1)C(=O)CN1CCCCC1=O. The number of nitrogens with zero attached hydrogens (tertiary/aromatic N) is 2. The summed E-state index contributed by atoms with van der Waals surface area (Å²) >= 11 is 1.64. The van der Waals surface area contributed by atoms with E-state index in [1.807, 2.05) is 17.5 Å². The molecule has 2 amide bonds. The first-order valence-corrected chi connectivity index (χ1v) is 7.09. The average molecular weight is 266 g/mol. The summed E-state index contributed by atoms with van der Waals surface area (Å²) in [4.78, 5) is 28.2. The quantitative estimate of drug-likeness (QED) is 0.832. The number of hydrogen-bond acceptors (Lipinski definition) is 3. The monoisotopic (exact) mass is 266 g/mol. The molecule has 1 saturated heterocycles. The third kappa shape index (κ3) is 3.32. The molecule has 0 N–H and O–H groups in total. The van der Waals surface area contributed by atoms with E-state index in [0.29, 0.717) is 13.0 Å². The third-order valence-corrected chi connectivity index (χ3v) is 4.01. The van der Waals surface area contributed by atoms with Crippen molar-refractivity contribution in [3.05, 3.63) is 22.4 Å². The Morgan fingerprint density at radius 3 is 3.00 bits per heavy atom. The molecule has 2 heterocycles. The maximum Gasteiger partial charge on any atom is 0.242 e. The van der Waals surface area contributed by atoms with Crippen LogP contribution in [0.2, 0.25) is 0 Å². The molecule has 0 aromatic carbocycles. The van der Waals surface area contributed by atoms with Crippen molar-refractivity contribution in [1.82, 2.24) is 9.80 Å². The van der Waals surface area contributed by atoms with Gasteiger partial charge in [-0.15, -0.1) is 11.3 Å². The van der Waals surface area contributed by atoms with Crippen molar-refractivity contribution >= 4 is 23.2 Å². The van der Waals surface area contributed by atoms with Crippen molar-refractivity contribution in [2.75, 3.05) is 20.1 Å². The zero-order valence-electron chi connectivity index (χ0n) is 10.6. The fraction of sp³-hybridized carbons (Fsp3) is 0.538. The Hall–Kier alpha value is -1.36. The van der Waals surface area contributed by atoms with E-state index in [1.165, 1.54) is 0 Å². The molecule has 18 heavy (non-hydrogen) atoms. The van der Waals surface area contributed by atoms with E-state index in [9.17, 15) is 9.59 Å². The first kappa shape index (κ1) is 13.1. The first-order chi connectivity index (χ1) is 8.66. The molecule has 0 unspecified atom stereocenters. The molecule has 0 saturated carbocycles. The van der Waals surface area contributed by atoms with Crippen LogP contribution < -0.4 is 0 Å². The molecule has 1 fully saturated rings. The molecule has 0 bridgehead atoms. The Morgan fingerprint density at radius 1 is 1.50 bits per heavy atom. The molecule has 0 atom stereocenters. The summed E-state index contributed by atoms with van der Waals surface area (Å²) in [5.41, 5.74) is 0. The van der Waals surface area contributed by atoms with E-state index in [0.717, 1.165) is 24.3 Å². The van der Waals surface area contributed by atoms with Crippen LogP contribution >= 0.6 is 11.3 Å². The predicted octanol–water partition coefficient (Wildman–Crippen LogP) is 1.72. The van der Waals surface area contributed by atoms with Crippen molar-refractivity contribution in [3.63, 3.8) is 0 Å². The maximum absolute atomic E-state index is 12.0. The first-order valence-electron chi connectivity index (χ1n) is 6.21. The minimum Gasteiger partial charge on any atom is -0.339 e. The highest BCUT2D eigenvalue weighted by Crippen LogP contribution is 2.13. The zero-order chi connectivity index (χ0) is 13.0. The second-order valence-corrected chi connectivity index (χ2v) is 5.63. The number of carbonyl (C=O) groups excluding carboxylic acids is 2. The van der Waals surface area contributed by atoms with Crippen molar-refractivity contribution in [3.8, 4) is 0 Å². The van der Waals surface area contributed by atoms with E-state index in [4.69, 9.17) is 0 Å². The normalized spacial score (nSPS) is 15.8. The van der Waals surface area contributed by atoms with Gasteiger partial charge in [0, 0.05) is 24.9 Å². The minimum atomic E-state index is 0.0126. The highest BCUT2D eigenvalue weighted by molar-refractivity contribution is 7.09. The number of thiophene rings is 1. The second kappa shape index (κ2) is 6.00. The lowest BCUT2D eigenvalue weighted by atomic mass is 10.1. The van der Waals surface area contributed by atoms with Gasteiger partial charge in [-0.25, -0.2) is 0 Å². The summed E-state index contributed by atoms with van der Waals surface area (Å²) < 4.78 is 0. The Bertz CT molecular complexity index is 417. The third-order valence-electron chi connectivity index (χ3n) is 3.15. The number of amides is 2. The molecule has 98 valence electrons. The standard InChI is InChI=1S/C13H18N2O2S/c1-14(9-11-5-4-8-18-11)13(17)10-15-7-3-2-6-12(15)16/h4-5,8H,2-3,6-7,9-10H2,1H3. The molecule has 4 nitrogen and oxygen atoms in total. The number of likely N-dealkylation sites (tertiary alicyclic amines) is 1. The summed E-state index contributed by atoms with van der Waals surface area (Å²) in [7, 11) is 1.79. The molecule has 1 aromatic heterocycles. The van der Waals surface area contributed by atoms with Gasteiger partial charge in [-0.3, -0.25) is 9.59 Å². The molecule has 5 heteroatoms. The summed E-state index contributed by atoms with van der Waals surface area (Å²) in [6, 6.07) is 3.99. The van der Waals surface area contributed by atoms with Crippen LogP contribution in [0.4, 0.5) is 0 Å². The van der Waals surface area contributed by atoms with Crippen molar-refractivity contribution in [2.45, 2.75) is 25.8 Å². The van der Waals surface area contributed by atoms with Gasteiger partial charge in [0.2, 0.25) is 11.8 Å². The summed E-state index contributed by atoms with van der Waals surface area (Å²) in [5, 5.41) is 2.00. The van der Waals surface area contributed by atoms with E-state index >= 15 is 0 Å². The average Bonchev–Trinajstić information content (AvgIpc) is 2.84. The van der Waals surface area contributed by atoms with E-state index in [2.05, 4.69) is 0 Å². The molecule has 2 rings (SSSR count). The number of hydrogen-bond donors (Lipinski definition) is 0. The number of piperidine rings is 1. The molecule has 0 aliphatic carbocycles. The van der Waals surface area contributed by atoms with Crippen LogP contribution in [0.5, 0.6) is 0 Å². The Morgan fingerprint density at radius 2 is 2.33 bits per heavy atom. The van der Waals surface area contributed by atoms with Gasteiger partial charge >= 0.3 is 0 Å². The fourth-order valence-corrected chi connectivity index (χ4v) is 2.79. The van der Waals surface area contributed by atoms with Gasteiger partial charge < -0.3 is 9.80 Å². The van der Waals surface area contributed by atoms with E-state index < -0.39 is 0 Å². The van der Waals surface area contributed by atoms with Gasteiger partial charge in [-0.1, -0.05) is 6.07 Å². The lowest BCUT2D eigenvalue weighted by Gasteiger charge is -2.28. The number of carbonyl (C=O) groups is 2. The lowest BCUT2D eigenvalue weighted by Crippen LogP contribution is -2.43. The molecular weight excluding hydrogens is 248 g/mol.